The lowest BCUT2D eigenvalue weighted by atomic mass is 10.2. The predicted octanol–water partition coefficient (Wildman–Crippen LogP) is 4.48. The first-order valence-corrected chi connectivity index (χ1v) is 11.1. The van der Waals surface area contributed by atoms with Crippen molar-refractivity contribution < 1.29 is 18.9 Å². The Morgan fingerprint density at radius 3 is 2.39 bits per heavy atom. The predicted molar refractivity (Wildman–Crippen MR) is 122 cm³/mol. The molecule has 1 heterocycles. The molecular weight excluding hydrogens is 414 g/mol. The van der Waals surface area contributed by atoms with Crippen LogP contribution in [-0.2, 0) is 11.3 Å². The number of aromatic nitrogens is 3. The van der Waals surface area contributed by atoms with Crippen LogP contribution in [0.5, 0.6) is 17.2 Å². The Morgan fingerprint density at radius 2 is 1.68 bits per heavy atom. The molecule has 1 aromatic heterocycles. The van der Waals surface area contributed by atoms with Gasteiger partial charge in [-0.3, -0.25) is 0 Å². The minimum absolute atomic E-state index is 0.588. The molecule has 0 spiro atoms. The fraction of sp³-hybridized carbons (Fsp3) is 0.391. The Balaban J connectivity index is 1.72. The summed E-state index contributed by atoms with van der Waals surface area (Å²) in [7, 11) is 4.96. The first-order chi connectivity index (χ1) is 15.2. The lowest BCUT2D eigenvalue weighted by Crippen LogP contribution is -2.07. The van der Waals surface area contributed by atoms with Gasteiger partial charge in [0.25, 0.3) is 0 Å². The van der Waals surface area contributed by atoms with Crippen molar-refractivity contribution in [3.63, 3.8) is 0 Å². The largest absolute Gasteiger partial charge is 0.493 e. The van der Waals surface area contributed by atoms with Crippen LogP contribution in [0.1, 0.15) is 12.0 Å². The zero-order chi connectivity index (χ0) is 22.1. The third kappa shape index (κ3) is 6.15. The minimum Gasteiger partial charge on any atom is -0.493 e. The smallest absolute Gasteiger partial charge is 0.191 e. The van der Waals surface area contributed by atoms with E-state index in [4.69, 9.17) is 18.9 Å². The summed E-state index contributed by atoms with van der Waals surface area (Å²) in [4.78, 5) is 0. The van der Waals surface area contributed by atoms with Crippen LogP contribution in [0, 0.1) is 6.92 Å². The Labute approximate surface area is 187 Å². The normalized spacial score (nSPS) is 10.8. The summed E-state index contributed by atoms with van der Waals surface area (Å²) in [6.07, 6.45) is 0.863. The van der Waals surface area contributed by atoms with Gasteiger partial charge in [-0.15, -0.1) is 10.2 Å². The van der Waals surface area contributed by atoms with Gasteiger partial charge in [0.2, 0.25) is 0 Å². The summed E-state index contributed by atoms with van der Waals surface area (Å²) < 4.78 is 24.0. The van der Waals surface area contributed by atoms with Crippen LogP contribution in [0.15, 0.2) is 47.6 Å². The van der Waals surface area contributed by atoms with E-state index < -0.39 is 0 Å². The van der Waals surface area contributed by atoms with Gasteiger partial charge in [-0.05, 0) is 43.7 Å². The molecule has 0 N–H and O–H groups in total. The van der Waals surface area contributed by atoms with Crippen LogP contribution in [0.3, 0.4) is 0 Å². The average Bonchev–Trinajstić information content (AvgIpc) is 3.20. The molecule has 0 saturated carbocycles. The molecule has 0 amide bonds. The molecule has 3 rings (SSSR count). The van der Waals surface area contributed by atoms with Gasteiger partial charge in [0.15, 0.2) is 22.5 Å². The molecule has 0 aliphatic rings. The maximum absolute atomic E-state index is 5.84. The van der Waals surface area contributed by atoms with Crippen molar-refractivity contribution in [2.24, 2.45) is 0 Å². The number of hydrogen-bond acceptors (Lipinski definition) is 7. The molecule has 0 atom stereocenters. The maximum atomic E-state index is 5.84. The van der Waals surface area contributed by atoms with Crippen molar-refractivity contribution in [1.82, 2.24) is 14.8 Å². The van der Waals surface area contributed by atoms with Crippen molar-refractivity contribution in [2.75, 3.05) is 40.3 Å². The summed E-state index contributed by atoms with van der Waals surface area (Å²) in [6.45, 7) is 4.08. The molecule has 0 saturated heterocycles. The van der Waals surface area contributed by atoms with E-state index in [-0.39, 0.29) is 0 Å². The van der Waals surface area contributed by atoms with Crippen LogP contribution in [0.25, 0.3) is 11.4 Å². The third-order valence-electron chi connectivity index (χ3n) is 4.69. The zero-order valence-electron chi connectivity index (χ0n) is 18.5. The molecule has 0 bridgehead atoms. The summed E-state index contributed by atoms with van der Waals surface area (Å²) in [5.41, 5.74) is 2.14. The van der Waals surface area contributed by atoms with Crippen molar-refractivity contribution in [2.45, 2.75) is 25.0 Å². The number of hydrogen-bond donors (Lipinski definition) is 0. The standard InChI is InChI=1S/C23H29N3O4S/c1-17-6-9-19(10-7-17)30-14-15-31-23-25-24-22(26(23)12-5-13-27-2)18-8-11-20(28-3)21(16-18)29-4/h6-11,16H,5,12-15H2,1-4H3. The van der Waals surface area contributed by atoms with E-state index in [0.717, 1.165) is 41.0 Å². The molecule has 0 aliphatic carbocycles. The van der Waals surface area contributed by atoms with Crippen molar-refractivity contribution >= 4 is 11.8 Å². The van der Waals surface area contributed by atoms with Crippen molar-refractivity contribution in [1.29, 1.82) is 0 Å². The zero-order valence-corrected chi connectivity index (χ0v) is 19.3. The first-order valence-electron chi connectivity index (χ1n) is 10.1. The molecular formula is C23H29N3O4S. The molecule has 0 radical (unpaired) electrons. The molecule has 3 aromatic rings. The molecule has 2 aromatic carbocycles. The summed E-state index contributed by atoms with van der Waals surface area (Å²) in [5.74, 6) is 3.77. The highest BCUT2D eigenvalue weighted by molar-refractivity contribution is 7.99. The minimum atomic E-state index is 0.588. The van der Waals surface area contributed by atoms with Crippen LogP contribution in [-0.4, -0.2) is 55.1 Å². The lowest BCUT2D eigenvalue weighted by molar-refractivity contribution is 0.189. The van der Waals surface area contributed by atoms with Gasteiger partial charge in [-0.1, -0.05) is 29.5 Å². The molecule has 31 heavy (non-hydrogen) atoms. The van der Waals surface area contributed by atoms with Gasteiger partial charge in [0.1, 0.15) is 5.75 Å². The van der Waals surface area contributed by atoms with E-state index in [2.05, 4.69) is 21.7 Å². The Hall–Kier alpha value is -2.71. The summed E-state index contributed by atoms with van der Waals surface area (Å²) >= 11 is 1.63. The van der Waals surface area contributed by atoms with E-state index in [9.17, 15) is 0 Å². The van der Waals surface area contributed by atoms with Crippen LogP contribution in [0.4, 0.5) is 0 Å². The van der Waals surface area contributed by atoms with E-state index >= 15 is 0 Å². The monoisotopic (exact) mass is 443 g/mol. The highest BCUT2D eigenvalue weighted by atomic mass is 32.2. The number of thioether (sulfide) groups is 1. The Kier molecular flexibility index (Phi) is 8.61. The summed E-state index contributed by atoms with van der Waals surface area (Å²) in [5, 5.41) is 9.74. The fourth-order valence-corrected chi connectivity index (χ4v) is 3.86. The van der Waals surface area contributed by atoms with Crippen LogP contribution in [0.2, 0.25) is 0 Å². The lowest BCUT2D eigenvalue weighted by Gasteiger charge is -2.12. The van der Waals surface area contributed by atoms with Gasteiger partial charge in [-0.2, -0.15) is 0 Å². The molecule has 7 nitrogen and oxygen atoms in total. The number of aryl methyl sites for hydroxylation is 1. The molecule has 0 fully saturated rings. The molecule has 166 valence electrons. The fourth-order valence-electron chi connectivity index (χ4n) is 3.08. The van der Waals surface area contributed by atoms with Gasteiger partial charge >= 0.3 is 0 Å². The van der Waals surface area contributed by atoms with E-state index in [0.29, 0.717) is 24.7 Å². The van der Waals surface area contributed by atoms with Gasteiger partial charge in [-0.25, -0.2) is 0 Å². The topological polar surface area (TPSA) is 67.6 Å². The first kappa shape index (κ1) is 23.0. The molecule has 0 aliphatic heterocycles. The maximum Gasteiger partial charge on any atom is 0.191 e. The number of methoxy groups -OCH3 is 3. The van der Waals surface area contributed by atoms with Crippen molar-refractivity contribution in [3.05, 3.63) is 48.0 Å². The van der Waals surface area contributed by atoms with E-state index in [1.54, 1.807) is 33.1 Å². The highest BCUT2D eigenvalue weighted by Gasteiger charge is 2.16. The number of ether oxygens (including phenoxy) is 4. The second-order valence-corrected chi connectivity index (χ2v) is 7.95. The number of nitrogens with zero attached hydrogens (tertiary/aromatic N) is 3. The van der Waals surface area contributed by atoms with Gasteiger partial charge in [0, 0.05) is 31.6 Å². The quantitative estimate of drug-likeness (QED) is 0.302. The number of benzene rings is 2. The average molecular weight is 444 g/mol. The van der Waals surface area contributed by atoms with Crippen LogP contribution >= 0.6 is 11.8 Å². The van der Waals surface area contributed by atoms with E-state index in [1.807, 2.05) is 42.5 Å². The second kappa shape index (κ2) is 11.6. The molecule has 8 heteroatoms. The Bertz CT molecular complexity index is 960. The Morgan fingerprint density at radius 1 is 0.903 bits per heavy atom. The third-order valence-corrected chi connectivity index (χ3v) is 5.62. The van der Waals surface area contributed by atoms with Crippen LogP contribution < -0.4 is 14.2 Å². The highest BCUT2D eigenvalue weighted by Crippen LogP contribution is 2.33. The summed E-state index contributed by atoms with van der Waals surface area (Å²) in [6, 6.07) is 13.8. The van der Waals surface area contributed by atoms with Crippen molar-refractivity contribution in [3.8, 4) is 28.6 Å². The van der Waals surface area contributed by atoms with Gasteiger partial charge < -0.3 is 23.5 Å². The SMILES string of the molecule is COCCCn1c(SCCOc2ccc(C)cc2)nnc1-c1ccc(OC)c(OC)c1. The van der Waals surface area contributed by atoms with E-state index in [1.165, 1.54) is 5.56 Å². The number of rotatable bonds is 12. The second-order valence-electron chi connectivity index (χ2n) is 6.88. The molecule has 0 unspecified atom stereocenters. The van der Waals surface area contributed by atoms with Gasteiger partial charge in [0.05, 0.1) is 20.8 Å².